The number of carboxylic acid groups (broad SMARTS) is 2. The maximum Gasteiger partial charge on any atom is 2.00 e. The minimum Gasteiger partial charge on any atom is -0.478 e. The fraction of sp³-hybridized carbons (Fsp3) is 0.0244. The molecule has 291 valence electrons. The molecule has 0 saturated heterocycles. The van der Waals surface area contributed by atoms with Gasteiger partial charge in [0.05, 0.1) is 49.9 Å². The quantitative estimate of drug-likeness (QED) is 0.0741. The SMILES string of the molecule is C[n+]1c2nc3[n-]c(nc4nc(nc5[n-]c(nc1-c1c(Cl)c(Cl)c(Cl)c(Cl)c1-2)c1cc(Oc2cc(C(=O)O)cc(C(=O)O)c2)ccc51)-c1ccccc1-4)c1ccccc31.[Cu+2]. The van der Waals surface area contributed by atoms with Gasteiger partial charge in [-0.05, 0) is 57.9 Å². The Bertz CT molecular complexity index is 3340. The van der Waals surface area contributed by atoms with Gasteiger partial charge in [0.1, 0.15) is 23.1 Å². The number of nitrogens with zero attached hydrogens (tertiary/aromatic N) is 8. The summed E-state index contributed by atoms with van der Waals surface area (Å²) in [5.74, 6) is -1.11. The first kappa shape index (κ1) is 38.4. The van der Waals surface area contributed by atoms with Crippen LogP contribution in [0.5, 0.6) is 11.5 Å². The molecule has 2 aliphatic heterocycles. The van der Waals surface area contributed by atoms with E-state index in [0.29, 0.717) is 56.1 Å². The van der Waals surface area contributed by atoms with Crippen molar-refractivity contribution in [2.45, 2.75) is 0 Å². The average molecular weight is 909 g/mol. The van der Waals surface area contributed by atoms with Crippen molar-refractivity contribution < 1.29 is 46.2 Å². The van der Waals surface area contributed by atoms with E-state index in [1.165, 1.54) is 12.1 Å². The zero-order valence-electron chi connectivity index (χ0n) is 29.6. The topological polar surface area (TPSA) is 180 Å². The van der Waals surface area contributed by atoms with E-state index >= 15 is 0 Å². The van der Waals surface area contributed by atoms with Crippen molar-refractivity contribution in [1.82, 2.24) is 34.9 Å². The summed E-state index contributed by atoms with van der Waals surface area (Å²) in [4.78, 5) is 58.3. The van der Waals surface area contributed by atoms with Crippen LogP contribution in [-0.2, 0) is 24.1 Å². The van der Waals surface area contributed by atoms with Crippen LogP contribution in [0.4, 0.5) is 0 Å². The van der Waals surface area contributed by atoms with Crippen LogP contribution < -0.4 is 19.3 Å². The number of rotatable bonds is 4. The van der Waals surface area contributed by atoms with Gasteiger partial charge in [-0.1, -0.05) is 94.9 Å². The predicted molar refractivity (Wildman–Crippen MR) is 218 cm³/mol. The number of hydrogen-bond acceptors (Lipinski definition) is 8. The average Bonchev–Trinajstić information content (AvgIpc) is 3.93. The summed E-state index contributed by atoms with van der Waals surface area (Å²) in [5, 5.41) is 22.0. The van der Waals surface area contributed by atoms with Gasteiger partial charge in [-0.25, -0.2) is 14.6 Å². The summed E-state index contributed by atoms with van der Waals surface area (Å²) < 4.78 is 7.76. The van der Waals surface area contributed by atoms with Crippen LogP contribution >= 0.6 is 46.4 Å². The molecule has 18 heteroatoms. The van der Waals surface area contributed by atoms with Crippen molar-refractivity contribution in [3.63, 3.8) is 0 Å². The monoisotopic (exact) mass is 906 g/mol. The Morgan fingerprint density at radius 2 is 1.02 bits per heavy atom. The van der Waals surface area contributed by atoms with Crippen molar-refractivity contribution in [1.29, 1.82) is 0 Å². The largest absolute Gasteiger partial charge is 2.00 e. The predicted octanol–water partition coefficient (Wildman–Crippen LogP) is 9.36. The molecular formula is C41H19Cl4CuN8O5+. The van der Waals surface area contributed by atoms with Gasteiger partial charge in [0, 0.05) is 44.8 Å². The zero-order valence-corrected chi connectivity index (χ0v) is 33.6. The molecule has 0 amide bonds. The van der Waals surface area contributed by atoms with Gasteiger partial charge in [0.25, 0.3) is 0 Å². The zero-order chi connectivity index (χ0) is 40.1. The summed E-state index contributed by atoms with van der Waals surface area (Å²) in [6.45, 7) is 0. The van der Waals surface area contributed by atoms with Crippen molar-refractivity contribution in [2.24, 2.45) is 7.05 Å². The van der Waals surface area contributed by atoms with Crippen LogP contribution in [0.15, 0.2) is 84.9 Å². The Morgan fingerprint density at radius 3 is 1.53 bits per heavy atom. The molecule has 8 aromatic rings. The van der Waals surface area contributed by atoms with Crippen LogP contribution in [0.1, 0.15) is 20.7 Å². The summed E-state index contributed by atoms with van der Waals surface area (Å²) in [6, 6.07) is 23.6. The number of carboxylic acids is 2. The smallest absolute Gasteiger partial charge is 0.478 e. The molecule has 1 radical (unpaired) electrons. The maximum absolute atomic E-state index is 11.8. The van der Waals surface area contributed by atoms with Gasteiger partial charge >= 0.3 is 29.0 Å². The standard InChI is InChI=1S/C41H20Cl4N8O5.Cu/c1-53-38-26-27(29(43)31(45)30(44)28(26)42)39(53)52-37-25-15-18(58-19-13-16(40(54)55)12-17(14-19)41(56)57)10-11-24(25)35(50-37)48-33-21-7-3-2-6-20(21)32(46-33)47-34-22-8-4-5-9-23(22)36(49-34)51-38;/h2-15H,1H3,(H3,46,47,48,49,50,51,52,54,55,56,57);/q;+2/p-1. The minimum absolute atomic E-state index is 0. The molecule has 0 atom stereocenters. The number of carbonyl (C=O) groups is 2. The molecule has 5 heterocycles. The molecule has 3 aromatic heterocycles. The van der Waals surface area contributed by atoms with Crippen LogP contribution in [0, 0.1) is 0 Å². The van der Waals surface area contributed by atoms with E-state index in [1.807, 2.05) is 48.5 Å². The molecule has 59 heavy (non-hydrogen) atoms. The second kappa shape index (κ2) is 14.3. The van der Waals surface area contributed by atoms with Crippen molar-refractivity contribution in [3.8, 4) is 57.1 Å². The number of aromatic carboxylic acids is 2. The van der Waals surface area contributed by atoms with Crippen molar-refractivity contribution >= 4 is 102 Å². The molecule has 0 aliphatic carbocycles. The molecule has 2 N–H and O–H groups in total. The van der Waals surface area contributed by atoms with Crippen LogP contribution in [0.3, 0.4) is 0 Å². The van der Waals surface area contributed by atoms with Gasteiger partial charge in [-0.15, -0.1) is 0 Å². The van der Waals surface area contributed by atoms with E-state index in [1.54, 1.807) is 29.8 Å². The first-order valence-corrected chi connectivity index (χ1v) is 18.7. The molecule has 13 nitrogen and oxygen atoms in total. The minimum atomic E-state index is -1.32. The molecule has 0 unspecified atom stereocenters. The van der Waals surface area contributed by atoms with Crippen LogP contribution in [0.2, 0.25) is 20.1 Å². The summed E-state index contributed by atoms with van der Waals surface area (Å²) in [6.07, 6.45) is 0. The number of ether oxygens (including phenoxy) is 1. The third-order valence-electron chi connectivity index (χ3n) is 9.76. The number of benzene rings is 5. The van der Waals surface area contributed by atoms with Crippen LogP contribution in [-0.4, -0.2) is 47.1 Å². The first-order valence-electron chi connectivity index (χ1n) is 17.2. The number of aromatic nitrogens is 8. The second-order valence-electron chi connectivity index (χ2n) is 13.2. The van der Waals surface area contributed by atoms with Gasteiger partial charge in [-0.3, -0.25) is 4.57 Å². The van der Waals surface area contributed by atoms with Crippen LogP contribution in [0.25, 0.3) is 89.7 Å². The molecule has 0 spiro atoms. The molecule has 8 bridgehead atoms. The molecular weight excluding hydrogens is 890 g/mol. The first-order chi connectivity index (χ1) is 27.9. The second-order valence-corrected chi connectivity index (χ2v) is 14.7. The van der Waals surface area contributed by atoms with E-state index in [4.69, 9.17) is 86.0 Å². The number of fused-ring (bicyclic) bond motifs is 20. The van der Waals surface area contributed by atoms with E-state index in [-0.39, 0.29) is 76.9 Å². The van der Waals surface area contributed by atoms with E-state index in [0.717, 1.165) is 22.6 Å². The fourth-order valence-electron chi connectivity index (χ4n) is 7.08. The summed E-state index contributed by atoms with van der Waals surface area (Å²) >= 11 is 27.2. The molecule has 0 saturated carbocycles. The summed E-state index contributed by atoms with van der Waals surface area (Å²) in [5.41, 5.74) is 2.80. The third-order valence-corrected chi connectivity index (χ3v) is 11.6. The number of halogens is 4. The third kappa shape index (κ3) is 6.15. The Hall–Kier alpha value is -6.12. The Labute approximate surface area is 361 Å². The van der Waals surface area contributed by atoms with Gasteiger partial charge in [0.15, 0.2) is 0 Å². The molecule has 5 aromatic carbocycles. The van der Waals surface area contributed by atoms with Gasteiger partial charge < -0.3 is 44.9 Å². The van der Waals surface area contributed by atoms with Crippen molar-refractivity contribution in [3.05, 3.63) is 116 Å². The number of hydrogen-bond donors (Lipinski definition) is 2. The van der Waals surface area contributed by atoms with Gasteiger partial charge in [0.2, 0.25) is 0 Å². The Kier molecular flexibility index (Phi) is 9.31. The maximum atomic E-state index is 11.8. The molecule has 10 rings (SSSR count). The normalized spacial score (nSPS) is 11.6. The molecule has 0 fully saturated rings. The Balaban J connectivity index is 0.00000449. The fourth-order valence-corrected chi connectivity index (χ4v) is 8.10. The van der Waals surface area contributed by atoms with E-state index in [9.17, 15) is 19.8 Å². The van der Waals surface area contributed by atoms with Gasteiger partial charge in [-0.2, -0.15) is 0 Å². The van der Waals surface area contributed by atoms with E-state index in [2.05, 4.69) is 0 Å². The van der Waals surface area contributed by atoms with Crippen molar-refractivity contribution in [2.75, 3.05) is 0 Å². The van der Waals surface area contributed by atoms with E-state index < -0.39 is 11.9 Å². The Morgan fingerprint density at radius 1 is 0.559 bits per heavy atom. The molecule has 2 aliphatic rings. The summed E-state index contributed by atoms with van der Waals surface area (Å²) in [7, 11) is 1.73.